The normalized spacial score (nSPS) is 10.8. The molecule has 0 aliphatic heterocycles. The van der Waals surface area contributed by atoms with Crippen LogP contribution < -0.4 is 5.32 Å². The van der Waals surface area contributed by atoms with Crippen LogP contribution in [0.5, 0.6) is 0 Å². The van der Waals surface area contributed by atoms with Crippen molar-refractivity contribution in [2.75, 3.05) is 5.32 Å². The molecule has 0 unspecified atom stereocenters. The molecule has 2 aromatic heterocycles. The minimum absolute atomic E-state index is 0.626. The Labute approximate surface area is 104 Å². The maximum absolute atomic E-state index is 4.26. The van der Waals surface area contributed by atoms with E-state index in [0.29, 0.717) is 11.5 Å². The van der Waals surface area contributed by atoms with Crippen LogP contribution in [0.4, 0.5) is 11.5 Å². The van der Waals surface area contributed by atoms with E-state index in [1.807, 2.05) is 12.1 Å². The van der Waals surface area contributed by atoms with Gasteiger partial charge in [0.2, 0.25) is 0 Å². The van der Waals surface area contributed by atoms with E-state index in [1.165, 1.54) is 15.8 Å². The number of fused-ring (bicyclic) bond motifs is 1. The molecule has 2 heterocycles. The van der Waals surface area contributed by atoms with Crippen LogP contribution in [-0.2, 0) is 0 Å². The van der Waals surface area contributed by atoms with E-state index in [4.69, 9.17) is 0 Å². The Balaban J connectivity index is 1.95. The monoisotopic (exact) mass is 240 g/mol. The summed E-state index contributed by atoms with van der Waals surface area (Å²) in [7, 11) is 0. The van der Waals surface area contributed by atoms with Crippen molar-refractivity contribution >= 4 is 17.2 Å². The summed E-state index contributed by atoms with van der Waals surface area (Å²) in [6.45, 7) is 4.13. The van der Waals surface area contributed by atoms with E-state index >= 15 is 0 Å². The molecule has 3 rings (SSSR count). The van der Waals surface area contributed by atoms with Crippen LogP contribution in [0.15, 0.2) is 30.3 Å². The molecule has 0 atom stereocenters. The predicted molar refractivity (Wildman–Crippen MR) is 67.8 cm³/mol. The SMILES string of the molecule is Cc1cc(C)cc(Nc2ccc3nnnn3n2)c1. The average Bonchev–Trinajstić information content (AvgIpc) is 2.74. The lowest BCUT2D eigenvalue weighted by Crippen LogP contribution is -2.00. The van der Waals surface area contributed by atoms with Gasteiger partial charge >= 0.3 is 0 Å². The molecule has 0 bridgehead atoms. The highest BCUT2D eigenvalue weighted by Crippen LogP contribution is 2.17. The molecule has 0 aliphatic rings. The first-order valence-corrected chi connectivity index (χ1v) is 5.61. The molecule has 90 valence electrons. The number of benzene rings is 1. The van der Waals surface area contributed by atoms with E-state index in [0.717, 1.165) is 5.69 Å². The van der Waals surface area contributed by atoms with Crippen molar-refractivity contribution in [3.63, 3.8) is 0 Å². The highest BCUT2D eigenvalue weighted by Gasteiger charge is 2.02. The molecule has 0 amide bonds. The number of hydrogen-bond donors (Lipinski definition) is 1. The Kier molecular flexibility index (Phi) is 2.40. The molecule has 1 aromatic carbocycles. The van der Waals surface area contributed by atoms with Gasteiger partial charge in [0.25, 0.3) is 0 Å². The van der Waals surface area contributed by atoms with Gasteiger partial charge in [-0.2, -0.15) is 0 Å². The van der Waals surface area contributed by atoms with Crippen molar-refractivity contribution in [2.24, 2.45) is 0 Å². The Morgan fingerprint density at radius 3 is 2.61 bits per heavy atom. The molecule has 0 radical (unpaired) electrons. The number of nitrogens with one attached hydrogen (secondary N) is 1. The zero-order valence-electron chi connectivity index (χ0n) is 10.1. The van der Waals surface area contributed by atoms with Gasteiger partial charge < -0.3 is 5.32 Å². The zero-order valence-corrected chi connectivity index (χ0v) is 10.1. The number of hydrogen-bond acceptors (Lipinski definition) is 5. The molecule has 0 aliphatic carbocycles. The first kappa shape index (κ1) is 10.6. The number of tetrazole rings is 1. The third-order valence-corrected chi connectivity index (χ3v) is 2.56. The zero-order chi connectivity index (χ0) is 12.5. The predicted octanol–water partition coefficient (Wildman–Crippen LogP) is 1.88. The van der Waals surface area contributed by atoms with E-state index in [9.17, 15) is 0 Å². The van der Waals surface area contributed by atoms with Crippen LogP contribution in [0.1, 0.15) is 11.1 Å². The van der Waals surface area contributed by atoms with Gasteiger partial charge in [-0.3, -0.25) is 0 Å². The number of anilines is 2. The molecule has 0 saturated heterocycles. The second-order valence-electron chi connectivity index (χ2n) is 4.25. The van der Waals surface area contributed by atoms with Crippen LogP contribution >= 0.6 is 0 Å². The minimum atomic E-state index is 0.626. The van der Waals surface area contributed by atoms with Crippen LogP contribution in [0, 0.1) is 13.8 Å². The summed E-state index contributed by atoms with van der Waals surface area (Å²) in [5.74, 6) is 0.708. The molecule has 18 heavy (non-hydrogen) atoms. The third-order valence-electron chi connectivity index (χ3n) is 2.56. The Morgan fingerprint density at radius 2 is 1.83 bits per heavy atom. The highest BCUT2D eigenvalue weighted by atomic mass is 15.6. The Hall–Kier alpha value is -2.50. The second-order valence-corrected chi connectivity index (χ2v) is 4.25. The van der Waals surface area contributed by atoms with Crippen molar-refractivity contribution in [1.29, 1.82) is 0 Å². The summed E-state index contributed by atoms with van der Waals surface area (Å²) in [4.78, 5) is 0. The molecule has 0 spiro atoms. The first-order valence-electron chi connectivity index (χ1n) is 5.61. The Morgan fingerprint density at radius 1 is 1.06 bits per heavy atom. The van der Waals surface area contributed by atoms with Gasteiger partial charge in [0, 0.05) is 5.69 Å². The lowest BCUT2D eigenvalue weighted by molar-refractivity contribution is 0.736. The van der Waals surface area contributed by atoms with Gasteiger partial charge in [-0.15, -0.1) is 14.8 Å². The fourth-order valence-corrected chi connectivity index (χ4v) is 1.91. The topological polar surface area (TPSA) is 68.0 Å². The fraction of sp³-hybridized carbons (Fsp3) is 0.167. The molecule has 6 heteroatoms. The van der Waals surface area contributed by atoms with Crippen molar-refractivity contribution < 1.29 is 0 Å². The minimum Gasteiger partial charge on any atom is -0.339 e. The van der Waals surface area contributed by atoms with Crippen LogP contribution in [0.3, 0.4) is 0 Å². The lowest BCUT2D eigenvalue weighted by Gasteiger charge is -2.07. The standard InChI is InChI=1S/C12H12N6/c1-8-5-9(2)7-10(6-8)13-11-3-4-12-14-16-17-18(12)15-11/h3-7H,1-2H3,(H,13,15). The summed E-state index contributed by atoms with van der Waals surface area (Å²) in [6.07, 6.45) is 0. The molecule has 6 nitrogen and oxygen atoms in total. The molecule has 3 aromatic rings. The van der Waals surface area contributed by atoms with Gasteiger partial charge in [0.1, 0.15) is 0 Å². The maximum Gasteiger partial charge on any atom is 0.200 e. The summed E-state index contributed by atoms with van der Waals surface area (Å²) >= 11 is 0. The van der Waals surface area contributed by atoms with E-state index in [-0.39, 0.29) is 0 Å². The lowest BCUT2D eigenvalue weighted by atomic mass is 10.1. The molecule has 0 saturated carbocycles. The van der Waals surface area contributed by atoms with Crippen molar-refractivity contribution in [2.45, 2.75) is 13.8 Å². The van der Waals surface area contributed by atoms with Gasteiger partial charge in [0.05, 0.1) is 0 Å². The molecular formula is C12H12N6. The van der Waals surface area contributed by atoms with Gasteiger partial charge in [-0.1, -0.05) is 6.07 Å². The second kappa shape index (κ2) is 4.06. The molecule has 0 fully saturated rings. The number of nitrogens with zero attached hydrogens (tertiary/aromatic N) is 5. The number of aromatic nitrogens is 5. The average molecular weight is 240 g/mol. The summed E-state index contributed by atoms with van der Waals surface area (Å²) < 4.78 is 1.39. The fourth-order valence-electron chi connectivity index (χ4n) is 1.91. The molecular weight excluding hydrogens is 228 g/mol. The largest absolute Gasteiger partial charge is 0.339 e. The van der Waals surface area contributed by atoms with Gasteiger partial charge in [-0.05, 0) is 59.7 Å². The smallest absolute Gasteiger partial charge is 0.200 e. The number of aryl methyl sites for hydroxylation is 2. The van der Waals surface area contributed by atoms with Crippen LogP contribution in [0.25, 0.3) is 5.65 Å². The van der Waals surface area contributed by atoms with Gasteiger partial charge in [0.15, 0.2) is 11.5 Å². The summed E-state index contributed by atoms with van der Waals surface area (Å²) in [6, 6.07) is 9.93. The number of rotatable bonds is 2. The van der Waals surface area contributed by atoms with Crippen molar-refractivity contribution in [3.05, 3.63) is 41.5 Å². The van der Waals surface area contributed by atoms with E-state index in [1.54, 1.807) is 0 Å². The van der Waals surface area contributed by atoms with Crippen molar-refractivity contribution in [1.82, 2.24) is 25.3 Å². The summed E-state index contributed by atoms with van der Waals surface area (Å²) in [5, 5.41) is 18.6. The quantitative estimate of drug-likeness (QED) is 0.740. The van der Waals surface area contributed by atoms with Crippen molar-refractivity contribution in [3.8, 4) is 0 Å². The third kappa shape index (κ3) is 2.00. The van der Waals surface area contributed by atoms with Crippen LogP contribution in [0.2, 0.25) is 0 Å². The van der Waals surface area contributed by atoms with E-state index in [2.05, 4.69) is 58.0 Å². The highest BCUT2D eigenvalue weighted by molar-refractivity contribution is 5.58. The maximum atomic E-state index is 4.26. The molecule has 1 N–H and O–H groups in total. The first-order chi connectivity index (χ1) is 8.70. The van der Waals surface area contributed by atoms with Gasteiger partial charge in [-0.25, -0.2) is 0 Å². The van der Waals surface area contributed by atoms with E-state index < -0.39 is 0 Å². The van der Waals surface area contributed by atoms with Crippen LogP contribution in [-0.4, -0.2) is 25.3 Å². The Bertz CT molecular complexity index is 682. The summed E-state index contributed by atoms with van der Waals surface area (Å²) in [5.41, 5.74) is 4.05.